The summed E-state index contributed by atoms with van der Waals surface area (Å²) in [7, 11) is -1.73. The molecule has 3 aromatic rings. The monoisotopic (exact) mass is 456 g/mol. The molecule has 0 radical (unpaired) electrons. The zero-order valence-electron chi connectivity index (χ0n) is 19.2. The van der Waals surface area contributed by atoms with E-state index in [1.165, 1.54) is 22.7 Å². The van der Waals surface area contributed by atoms with Gasteiger partial charge in [-0.2, -0.15) is 0 Å². The van der Waals surface area contributed by atoms with Crippen LogP contribution >= 0.6 is 11.8 Å². The number of benzene rings is 1. The number of nitrogens with one attached hydrogen (secondary N) is 1. The van der Waals surface area contributed by atoms with Gasteiger partial charge in [0.15, 0.2) is 19.8 Å². The van der Waals surface area contributed by atoms with Gasteiger partial charge >= 0.3 is 0 Å². The molecule has 6 nitrogen and oxygen atoms in total. The number of hydrogen-bond acceptors (Lipinski definition) is 6. The Morgan fingerprint density at radius 1 is 1.26 bits per heavy atom. The molecule has 166 valence electrons. The predicted molar refractivity (Wildman–Crippen MR) is 132 cm³/mol. The Kier molecular flexibility index (Phi) is 7.23. The molecule has 0 aliphatic carbocycles. The second kappa shape index (κ2) is 9.54. The first kappa shape index (κ1) is 23.5. The molecule has 0 bridgehead atoms. The fraction of sp³-hybridized carbons (Fsp3) is 0.435. The van der Waals surface area contributed by atoms with Crippen LogP contribution in [0, 0.1) is 0 Å². The maximum absolute atomic E-state index is 11.3. The molecule has 0 unspecified atom stereocenters. The van der Waals surface area contributed by atoms with Crippen molar-refractivity contribution >= 4 is 43.1 Å². The van der Waals surface area contributed by atoms with E-state index in [0.29, 0.717) is 23.1 Å². The Bertz CT molecular complexity index is 1060. The molecule has 0 aliphatic heterocycles. The highest BCUT2D eigenvalue weighted by atomic mass is 32.2. The van der Waals surface area contributed by atoms with Crippen molar-refractivity contribution in [3.05, 3.63) is 47.8 Å². The molecule has 0 aliphatic rings. The molecule has 2 aromatic heterocycles. The number of nitrogens with zero attached hydrogens (tertiary/aromatic N) is 3. The van der Waals surface area contributed by atoms with Crippen LogP contribution in [0.1, 0.15) is 36.7 Å². The van der Waals surface area contributed by atoms with Crippen molar-refractivity contribution in [2.45, 2.75) is 57.1 Å². The standard InChI is InChI=1S/C23H32N4O2SSi/c1-23(2,3)31(5,6)29-12-11-27-10-9-18-13-17(7-8-20(18)27)14-24-21-19(16-28)15-25-22(26-21)30-4/h7-10,13,15-16H,11-12,14H2,1-6H3,(H,24,25,26). The average Bonchev–Trinajstić information content (AvgIpc) is 3.13. The molecule has 0 atom stereocenters. The van der Waals surface area contributed by atoms with Crippen molar-refractivity contribution in [2.75, 3.05) is 18.2 Å². The van der Waals surface area contributed by atoms with E-state index in [-0.39, 0.29) is 5.04 Å². The summed E-state index contributed by atoms with van der Waals surface area (Å²) in [5.74, 6) is 0.565. The zero-order valence-corrected chi connectivity index (χ0v) is 21.0. The lowest BCUT2D eigenvalue weighted by atomic mass is 10.1. The van der Waals surface area contributed by atoms with Crippen LogP contribution in [0.15, 0.2) is 41.8 Å². The summed E-state index contributed by atoms with van der Waals surface area (Å²) in [6, 6.07) is 8.56. The first-order chi connectivity index (χ1) is 14.6. The van der Waals surface area contributed by atoms with Gasteiger partial charge in [0.05, 0.1) is 12.2 Å². The van der Waals surface area contributed by atoms with Gasteiger partial charge < -0.3 is 14.3 Å². The number of carbonyl (C=O) groups is 1. The Morgan fingerprint density at radius 2 is 2.03 bits per heavy atom. The molecule has 0 fully saturated rings. The second-order valence-corrected chi connectivity index (χ2v) is 14.7. The van der Waals surface area contributed by atoms with Gasteiger partial charge in [-0.3, -0.25) is 4.79 Å². The summed E-state index contributed by atoms with van der Waals surface area (Å²) in [6.45, 7) is 13.5. The molecule has 1 N–H and O–H groups in total. The number of carbonyl (C=O) groups excluding carboxylic acids is 1. The predicted octanol–water partition coefficient (Wildman–Crippen LogP) is 5.60. The number of fused-ring (bicyclic) bond motifs is 1. The number of rotatable bonds is 9. The first-order valence-electron chi connectivity index (χ1n) is 10.5. The summed E-state index contributed by atoms with van der Waals surface area (Å²) < 4.78 is 8.58. The summed E-state index contributed by atoms with van der Waals surface area (Å²) in [5.41, 5.74) is 2.79. The Labute approximate surface area is 189 Å². The van der Waals surface area contributed by atoms with Gasteiger partial charge in [-0.1, -0.05) is 38.6 Å². The van der Waals surface area contributed by atoms with Crippen molar-refractivity contribution in [1.29, 1.82) is 0 Å². The third kappa shape index (κ3) is 5.56. The molecular formula is C23H32N4O2SSi. The van der Waals surface area contributed by atoms with Gasteiger partial charge in [0.25, 0.3) is 0 Å². The highest BCUT2D eigenvalue weighted by Gasteiger charge is 2.36. The minimum atomic E-state index is -1.73. The van der Waals surface area contributed by atoms with Crippen LogP contribution in [0.2, 0.25) is 18.1 Å². The minimum Gasteiger partial charge on any atom is -0.415 e. The SMILES string of the molecule is CSc1ncc(C=O)c(NCc2ccc3c(ccn3CCO[Si](C)(C)C(C)(C)C)c2)n1. The normalized spacial score (nSPS) is 12.3. The van der Waals surface area contributed by atoms with E-state index in [4.69, 9.17) is 4.43 Å². The van der Waals surface area contributed by atoms with Crippen molar-refractivity contribution in [3.8, 4) is 0 Å². The van der Waals surface area contributed by atoms with Gasteiger partial charge in [0.1, 0.15) is 5.82 Å². The van der Waals surface area contributed by atoms with Crippen molar-refractivity contribution in [2.24, 2.45) is 0 Å². The highest BCUT2D eigenvalue weighted by molar-refractivity contribution is 7.98. The van der Waals surface area contributed by atoms with E-state index in [9.17, 15) is 4.79 Å². The lowest BCUT2D eigenvalue weighted by molar-refractivity contribution is 0.112. The molecule has 1 aromatic carbocycles. The Hall–Kier alpha value is -2.16. The van der Waals surface area contributed by atoms with Crippen LogP contribution in [0.25, 0.3) is 10.9 Å². The smallest absolute Gasteiger partial charge is 0.192 e. The number of thioether (sulfide) groups is 1. The second-order valence-electron chi connectivity index (χ2n) is 9.14. The molecule has 31 heavy (non-hydrogen) atoms. The summed E-state index contributed by atoms with van der Waals surface area (Å²) >= 11 is 1.45. The van der Waals surface area contributed by atoms with Gasteiger partial charge in [-0.25, -0.2) is 9.97 Å². The minimum absolute atomic E-state index is 0.220. The fourth-order valence-corrected chi connectivity index (χ4v) is 4.43. The molecule has 0 saturated carbocycles. The molecule has 8 heteroatoms. The fourth-order valence-electron chi connectivity index (χ4n) is 3.06. The van der Waals surface area contributed by atoms with E-state index in [2.05, 4.69) is 84.2 Å². The lowest BCUT2D eigenvalue weighted by Crippen LogP contribution is -2.41. The van der Waals surface area contributed by atoms with E-state index in [1.807, 2.05) is 6.26 Å². The van der Waals surface area contributed by atoms with E-state index in [0.717, 1.165) is 25.0 Å². The van der Waals surface area contributed by atoms with Crippen molar-refractivity contribution < 1.29 is 9.22 Å². The van der Waals surface area contributed by atoms with Gasteiger partial charge in [0, 0.05) is 31.0 Å². The highest BCUT2D eigenvalue weighted by Crippen LogP contribution is 2.36. The third-order valence-electron chi connectivity index (χ3n) is 6.00. The van der Waals surface area contributed by atoms with E-state index < -0.39 is 8.32 Å². The first-order valence-corrected chi connectivity index (χ1v) is 14.6. The van der Waals surface area contributed by atoms with Crippen LogP contribution < -0.4 is 5.32 Å². The summed E-state index contributed by atoms with van der Waals surface area (Å²) in [5, 5.41) is 5.32. The van der Waals surface area contributed by atoms with Crippen molar-refractivity contribution in [3.63, 3.8) is 0 Å². The van der Waals surface area contributed by atoms with Crippen LogP contribution in [0.4, 0.5) is 5.82 Å². The summed E-state index contributed by atoms with van der Waals surface area (Å²) in [4.78, 5) is 19.8. The van der Waals surface area contributed by atoms with Crippen LogP contribution in [0.3, 0.4) is 0 Å². The topological polar surface area (TPSA) is 69.0 Å². The van der Waals surface area contributed by atoms with Gasteiger partial charge in [-0.15, -0.1) is 0 Å². The third-order valence-corrected chi connectivity index (χ3v) is 11.1. The largest absolute Gasteiger partial charge is 0.415 e. The Balaban J connectivity index is 1.66. The molecule has 0 amide bonds. The molecule has 0 spiro atoms. The van der Waals surface area contributed by atoms with Crippen molar-refractivity contribution in [1.82, 2.24) is 14.5 Å². The van der Waals surface area contributed by atoms with Gasteiger partial charge in [-0.05, 0) is 53.5 Å². The molecule has 0 saturated heterocycles. The van der Waals surface area contributed by atoms with Crippen LogP contribution in [0.5, 0.6) is 0 Å². The van der Waals surface area contributed by atoms with E-state index >= 15 is 0 Å². The molecule has 2 heterocycles. The summed E-state index contributed by atoms with van der Waals surface area (Å²) in [6.07, 6.45) is 6.37. The lowest BCUT2D eigenvalue weighted by Gasteiger charge is -2.36. The maximum Gasteiger partial charge on any atom is 0.192 e. The number of aldehydes is 1. The number of anilines is 1. The average molecular weight is 457 g/mol. The van der Waals surface area contributed by atoms with Crippen LogP contribution in [-0.4, -0.2) is 42.0 Å². The number of hydrogen-bond donors (Lipinski definition) is 1. The quantitative estimate of drug-likeness (QED) is 0.196. The molecular weight excluding hydrogens is 424 g/mol. The van der Waals surface area contributed by atoms with E-state index in [1.54, 1.807) is 6.20 Å². The number of aromatic nitrogens is 3. The Morgan fingerprint density at radius 3 is 2.71 bits per heavy atom. The zero-order chi connectivity index (χ0) is 22.6. The van der Waals surface area contributed by atoms with Crippen LogP contribution in [-0.2, 0) is 17.5 Å². The van der Waals surface area contributed by atoms with Gasteiger partial charge in [0.2, 0.25) is 0 Å². The maximum atomic E-state index is 11.3. The molecule has 3 rings (SSSR count).